The van der Waals surface area contributed by atoms with Crippen LogP contribution in [0.4, 0.5) is 10.6 Å². The quantitative estimate of drug-likeness (QED) is 0.792. The van der Waals surface area contributed by atoms with Gasteiger partial charge in [0, 0.05) is 16.1 Å². The highest BCUT2D eigenvalue weighted by Crippen LogP contribution is 2.30. The van der Waals surface area contributed by atoms with E-state index < -0.39 is 11.7 Å². The van der Waals surface area contributed by atoms with Gasteiger partial charge in [0.1, 0.15) is 5.60 Å². The van der Waals surface area contributed by atoms with Crippen molar-refractivity contribution in [1.82, 2.24) is 10.2 Å². The van der Waals surface area contributed by atoms with Crippen molar-refractivity contribution < 1.29 is 9.53 Å². The van der Waals surface area contributed by atoms with Crippen LogP contribution in [0, 0.1) is 0 Å². The summed E-state index contributed by atoms with van der Waals surface area (Å²) in [5.74, 6) is 0.371. The van der Waals surface area contributed by atoms with Crippen molar-refractivity contribution >= 4 is 39.4 Å². The van der Waals surface area contributed by atoms with Gasteiger partial charge in [-0.2, -0.15) is 5.10 Å². The number of benzene rings is 1. The van der Waals surface area contributed by atoms with Gasteiger partial charge in [0.15, 0.2) is 5.82 Å². The second-order valence-corrected chi connectivity index (χ2v) is 6.74. The molecule has 0 saturated heterocycles. The summed E-state index contributed by atoms with van der Waals surface area (Å²) in [5.41, 5.74) is 0.930. The molecule has 2 aromatic rings. The summed E-state index contributed by atoms with van der Waals surface area (Å²) in [5, 5.41) is 10.0. The molecule has 0 aliphatic rings. The molecule has 2 N–H and O–H groups in total. The summed E-state index contributed by atoms with van der Waals surface area (Å²) in [6, 6.07) is 7.19. The van der Waals surface area contributed by atoms with Gasteiger partial charge < -0.3 is 4.74 Å². The van der Waals surface area contributed by atoms with E-state index in [1.807, 2.05) is 12.1 Å². The highest BCUT2D eigenvalue weighted by molar-refractivity contribution is 9.10. The summed E-state index contributed by atoms with van der Waals surface area (Å²) in [6.45, 7) is 5.39. The molecule has 0 bridgehead atoms. The lowest BCUT2D eigenvalue weighted by Gasteiger charge is -2.18. The first-order chi connectivity index (χ1) is 9.74. The maximum absolute atomic E-state index is 11.7. The van der Waals surface area contributed by atoms with E-state index in [4.69, 9.17) is 16.3 Å². The van der Waals surface area contributed by atoms with E-state index in [1.54, 1.807) is 32.9 Å². The van der Waals surface area contributed by atoms with Crippen molar-refractivity contribution in [1.29, 1.82) is 0 Å². The highest BCUT2D eigenvalue weighted by Gasteiger charge is 2.17. The van der Waals surface area contributed by atoms with Crippen LogP contribution in [0.3, 0.4) is 0 Å². The molecule has 0 saturated carbocycles. The number of H-pyrrole nitrogens is 1. The number of carbonyl (C=O) groups is 1. The molecule has 21 heavy (non-hydrogen) atoms. The SMILES string of the molecule is CC(C)(C)OC(=O)Nc1cc(-c2cc(Br)ccc2Cl)[nH]n1. The number of carbonyl (C=O) groups excluding carboxylic acids is 1. The molecule has 5 nitrogen and oxygen atoms in total. The summed E-state index contributed by atoms with van der Waals surface area (Å²) in [4.78, 5) is 11.7. The Morgan fingerprint density at radius 2 is 2.10 bits per heavy atom. The molecule has 0 aliphatic heterocycles. The number of rotatable bonds is 2. The fourth-order valence-corrected chi connectivity index (χ4v) is 2.22. The normalized spacial score (nSPS) is 11.3. The minimum Gasteiger partial charge on any atom is -0.444 e. The van der Waals surface area contributed by atoms with Crippen LogP contribution in [0.2, 0.25) is 5.02 Å². The Morgan fingerprint density at radius 1 is 1.38 bits per heavy atom. The number of ether oxygens (including phenoxy) is 1. The van der Waals surface area contributed by atoms with Crippen molar-refractivity contribution in [2.24, 2.45) is 0 Å². The molecule has 1 heterocycles. The molecule has 112 valence electrons. The maximum atomic E-state index is 11.7. The maximum Gasteiger partial charge on any atom is 0.413 e. The zero-order valence-electron chi connectivity index (χ0n) is 11.8. The molecule has 0 fully saturated rings. The largest absolute Gasteiger partial charge is 0.444 e. The first kappa shape index (κ1) is 15.9. The minimum absolute atomic E-state index is 0.371. The number of anilines is 1. The van der Waals surface area contributed by atoms with Crippen LogP contribution >= 0.6 is 27.5 Å². The van der Waals surface area contributed by atoms with Crippen LogP contribution < -0.4 is 5.32 Å². The number of aromatic nitrogens is 2. The van der Waals surface area contributed by atoms with Gasteiger partial charge in [-0.15, -0.1) is 0 Å². The van der Waals surface area contributed by atoms with Crippen LogP contribution in [0.25, 0.3) is 11.3 Å². The number of hydrogen-bond donors (Lipinski definition) is 2. The summed E-state index contributed by atoms with van der Waals surface area (Å²) in [7, 11) is 0. The van der Waals surface area contributed by atoms with Gasteiger partial charge in [-0.1, -0.05) is 27.5 Å². The molecule has 1 aromatic heterocycles. The smallest absolute Gasteiger partial charge is 0.413 e. The van der Waals surface area contributed by atoms with Gasteiger partial charge in [-0.25, -0.2) is 4.79 Å². The van der Waals surface area contributed by atoms with Crippen LogP contribution in [-0.4, -0.2) is 21.9 Å². The molecule has 0 atom stereocenters. The van der Waals surface area contributed by atoms with Gasteiger partial charge in [0.25, 0.3) is 0 Å². The lowest BCUT2D eigenvalue weighted by molar-refractivity contribution is 0.0635. The monoisotopic (exact) mass is 371 g/mol. The van der Waals surface area contributed by atoms with Crippen molar-refractivity contribution in [3.63, 3.8) is 0 Å². The van der Waals surface area contributed by atoms with Gasteiger partial charge in [0.05, 0.1) is 10.7 Å². The van der Waals surface area contributed by atoms with E-state index in [-0.39, 0.29) is 0 Å². The Hall–Kier alpha value is -1.53. The lowest BCUT2D eigenvalue weighted by atomic mass is 10.1. The van der Waals surface area contributed by atoms with Gasteiger partial charge in [0.2, 0.25) is 0 Å². The molecule has 2 rings (SSSR count). The second-order valence-electron chi connectivity index (χ2n) is 5.42. The molecular weight excluding hydrogens is 358 g/mol. The summed E-state index contributed by atoms with van der Waals surface area (Å²) in [6.07, 6.45) is -0.555. The van der Waals surface area contributed by atoms with E-state index in [0.717, 1.165) is 10.0 Å². The van der Waals surface area contributed by atoms with Gasteiger partial charge in [-0.3, -0.25) is 10.4 Å². The first-order valence-corrected chi connectivity index (χ1v) is 7.42. The molecular formula is C14H15BrClN3O2. The molecule has 0 aliphatic carbocycles. The lowest BCUT2D eigenvalue weighted by Crippen LogP contribution is -2.27. The fourth-order valence-electron chi connectivity index (χ4n) is 1.64. The molecule has 1 aromatic carbocycles. The Morgan fingerprint density at radius 3 is 2.76 bits per heavy atom. The minimum atomic E-state index is -0.559. The van der Waals surface area contributed by atoms with E-state index in [2.05, 4.69) is 31.4 Å². The van der Waals surface area contributed by atoms with Crippen molar-refractivity contribution in [2.45, 2.75) is 26.4 Å². The van der Waals surface area contributed by atoms with Crippen molar-refractivity contribution in [2.75, 3.05) is 5.32 Å². The van der Waals surface area contributed by atoms with Crippen molar-refractivity contribution in [3.8, 4) is 11.3 Å². The summed E-state index contributed by atoms with van der Waals surface area (Å²) < 4.78 is 6.06. The molecule has 0 spiro atoms. The average molecular weight is 373 g/mol. The fraction of sp³-hybridized carbons (Fsp3) is 0.286. The Balaban J connectivity index is 2.15. The standard InChI is InChI=1S/C14H15BrClN3O2/c1-14(2,3)21-13(20)17-12-7-11(18-19-12)9-6-8(15)4-5-10(9)16/h4-7H,1-3H3,(H2,17,18,19,20). The zero-order valence-corrected chi connectivity index (χ0v) is 14.2. The predicted octanol–water partition coefficient (Wildman–Crippen LogP) is 4.84. The second kappa shape index (κ2) is 6.07. The molecule has 7 heteroatoms. The number of aromatic amines is 1. The zero-order chi connectivity index (χ0) is 15.6. The molecule has 0 unspecified atom stereocenters. The van der Waals surface area contributed by atoms with Crippen LogP contribution in [0.5, 0.6) is 0 Å². The van der Waals surface area contributed by atoms with E-state index >= 15 is 0 Å². The summed E-state index contributed by atoms with van der Waals surface area (Å²) >= 11 is 9.54. The van der Waals surface area contributed by atoms with E-state index in [9.17, 15) is 4.79 Å². The first-order valence-electron chi connectivity index (χ1n) is 6.25. The average Bonchev–Trinajstić information content (AvgIpc) is 2.78. The van der Waals surface area contributed by atoms with Crippen LogP contribution in [0.15, 0.2) is 28.7 Å². The predicted molar refractivity (Wildman–Crippen MR) is 86.6 cm³/mol. The number of hydrogen-bond acceptors (Lipinski definition) is 3. The van der Waals surface area contributed by atoms with Crippen molar-refractivity contribution in [3.05, 3.63) is 33.8 Å². The Kier molecular flexibility index (Phi) is 4.58. The molecule has 1 amide bonds. The number of halogens is 2. The van der Waals surface area contributed by atoms with E-state index in [0.29, 0.717) is 16.5 Å². The molecule has 0 radical (unpaired) electrons. The highest BCUT2D eigenvalue weighted by atomic mass is 79.9. The number of nitrogens with one attached hydrogen (secondary N) is 2. The van der Waals surface area contributed by atoms with Crippen LogP contribution in [-0.2, 0) is 4.74 Å². The van der Waals surface area contributed by atoms with Gasteiger partial charge >= 0.3 is 6.09 Å². The van der Waals surface area contributed by atoms with E-state index in [1.165, 1.54) is 0 Å². The Bertz CT molecular complexity index is 664. The number of amides is 1. The topological polar surface area (TPSA) is 67.0 Å². The number of nitrogens with zero attached hydrogens (tertiary/aromatic N) is 1. The van der Waals surface area contributed by atoms with Crippen LogP contribution in [0.1, 0.15) is 20.8 Å². The third-order valence-electron chi connectivity index (χ3n) is 2.43. The third-order valence-corrected chi connectivity index (χ3v) is 3.25. The van der Waals surface area contributed by atoms with Gasteiger partial charge in [-0.05, 0) is 39.0 Å². The Labute approximate surface area is 136 Å². The third kappa shape index (κ3) is 4.47.